The van der Waals surface area contributed by atoms with Crippen LogP contribution in [0.4, 0.5) is 11.4 Å². The fraction of sp³-hybridized carbons (Fsp3) is 0.348. The number of para-hydroxylation sites is 1. The molecule has 162 valence electrons. The molecule has 2 saturated heterocycles. The summed E-state index contributed by atoms with van der Waals surface area (Å²) < 4.78 is 6.14. The highest BCUT2D eigenvalue weighted by Gasteiger charge is 2.36. The summed E-state index contributed by atoms with van der Waals surface area (Å²) >= 11 is 3.47. The molecule has 31 heavy (non-hydrogen) atoms. The lowest BCUT2D eigenvalue weighted by molar-refractivity contribution is -0.122. The highest BCUT2D eigenvalue weighted by molar-refractivity contribution is 9.10. The van der Waals surface area contributed by atoms with E-state index in [2.05, 4.69) is 21.2 Å². The van der Waals surface area contributed by atoms with E-state index in [0.29, 0.717) is 44.1 Å². The Balaban J connectivity index is 1.47. The van der Waals surface area contributed by atoms with E-state index in [1.165, 1.54) is 0 Å². The molecule has 1 atom stereocenters. The molecule has 0 aliphatic carbocycles. The summed E-state index contributed by atoms with van der Waals surface area (Å²) in [6.45, 7) is 4.33. The lowest BCUT2D eigenvalue weighted by atomic mass is 10.0. The van der Waals surface area contributed by atoms with Gasteiger partial charge in [0.25, 0.3) is 5.91 Å². The highest BCUT2D eigenvalue weighted by Crippen LogP contribution is 2.32. The Morgan fingerprint density at radius 3 is 2.58 bits per heavy atom. The van der Waals surface area contributed by atoms with Gasteiger partial charge in [0.1, 0.15) is 0 Å². The van der Waals surface area contributed by atoms with Gasteiger partial charge in [-0.25, -0.2) is 0 Å². The standard InChI is InChI=1S/C23H24BrN3O4/c1-15-17(23(30)26-9-11-31-12-10-26)5-4-7-19(15)25-22(29)16-13-21(28)27(14-16)20-8-3-2-6-18(20)24/h2-8,16H,9-14H2,1H3,(H,25,29). The predicted octanol–water partition coefficient (Wildman–Crippen LogP) is 3.22. The number of benzene rings is 2. The fourth-order valence-electron chi connectivity index (χ4n) is 3.96. The van der Waals surface area contributed by atoms with Crippen LogP contribution < -0.4 is 10.2 Å². The first-order valence-corrected chi connectivity index (χ1v) is 11.1. The molecule has 1 unspecified atom stereocenters. The third-order valence-corrected chi connectivity index (χ3v) is 6.43. The van der Waals surface area contributed by atoms with E-state index in [4.69, 9.17) is 4.74 Å². The minimum atomic E-state index is -0.461. The van der Waals surface area contributed by atoms with Crippen LogP contribution in [0.3, 0.4) is 0 Å². The smallest absolute Gasteiger partial charge is 0.254 e. The van der Waals surface area contributed by atoms with Crippen LogP contribution in [0.5, 0.6) is 0 Å². The van der Waals surface area contributed by atoms with Crippen molar-refractivity contribution in [2.75, 3.05) is 43.1 Å². The Kier molecular flexibility index (Phi) is 6.38. The van der Waals surface area contributed by atoms with Crippen molar-refractivity contribution >= 4 is 45.0 Å². The second-order valence-electron chi connectivity index (χ2n) is 7.73. The first kappa shape index (κ1) is 21.5. The van der Waals surface area contributed by atoms with Gasteiger partial charge in [0.15, 0.2) is 0 Å². The van der Waals surface area contributed by atoms with E-state index in [9.17, 15) is 14.4 Å². The lowest BCUT2D eigenvalue weighted by Gasteiger charge is -2.27. The van der Waals surface area contributed by atoms with Crippen LogP contribution in [0.15, 0.2) is 46.9 Å². The number of halogens is 1. The number of amides is 3. The van der Waals surface area contributed by atoms with E-state index in [-0.39, 0.29) is 24.1 Å². The summed E-state index contributed by atoms with van der Waals surface area (Å²) in [7, 11) is 0. The Hall–Kier alpha value is -2.71. The maximum atomic E-state index is 12.9. The fourth-order valence-corrected chi connectivity index (χ4v) is 4.46. The van der Waals surface area contributed by atoms with Crippen molar-refractivity contribution in [1.29, 1.82) is 0 Å². The SMILES string of the molecule is Cc1c(NC(=O)C2CC(=O)N(c3ccccc3Br)C2)cccc1C(=O)N1CCOCC1. The Bertz CT molecular complexity index is 1020. The third kappa shape index (κ3) is 4.50. The van der Waals surface area contributed by atoms with Crippen molar-refractivity contribution in [3.05, 3.63) is 58.1 Å². The third-order valence-electron chi connectivity index (χ3n) is 5.76. The average molecular weight is 486 g/mol. The number of morpholine rings is 1. The quantitative estimate of drug-likeness (QED) is 0.720. The van der Waals surface area contributed by atoms with Crippen molar-refractivity contribution in [3.63, 3.8) is 0 Å². The molecule has 2 aliphatic rings. The first-order valence-electron chi connectivity index (χ1n) is 10.3. The zero-order valence-electron chi connectivity index (χ0n) is 17.3. The van der Waals surface area contributed by atoms with Crippen LogP contribution in [0, 0.1) is 12.8 Å². The maximum absolute atomic E-state index is 12.9. The van der Waals surface area contributed by atoms with Gasteiger partial charge in [-0.05, 0) is 52.7 Å². The lowest BCUT2D eigenvalue weighted by Crippen LogP contribution is -2.41. The molecular formula is C23H24BrN3O4. The van der Waals surface area contributed by atoms with Gasteiger partial charge in [0.2, 0.25) is 11.8 Å². The summed E-state index contributed by atoms with van der Waals surface area (Å²) in [6, 6.07) is 12.8. The van der Waals surface area contributed by atoms with Crippen LogP contribution in [-0.2, 0) is 14.3 Å². The van der Waals surface area contributed by atoms with Gasteiger partial charge in [-0.15, -0.1) is 0 Å². The zero-order valence-corrected chi connectivity index (χ0v) is 18.9. The molecule has 4 rings (SSSR count). The van der Waals surface area contributed by atoms with E-state index in [0.717, 1.165) is 15.7 Å². The Morgan fingerprint density at radius 2 is 1.84 bits per heavy atom. The molecule has 8 heteroatoms. The van der Waals surface area contributed by atoms with E-state index in [1.54, 1.807) is 28.0 Å². The van der Waals surface area contributed by atoms with Crippen molar-refractivity contribution in [2.24, 2.45) is 5.92 Å². The van der Waals surface area contributed by atoms with E-state index >= 15 is 0 Å². The van der Waals surface area contributed by atoms with Crippen molar-refractivity contribution in [2.45, 2.75) is 13.3 Å². The van der Waals surface area contributed by atoms with Crippen LogP contribution in [0.2, 0.25) is 0 Å². The van der Waals surface area contributed by atoms with Gasteiger partial charge < -0.3 is 19.9 Å². The molecule has 3 amide bonds. The molecule has 0 aromatic heterocycles. The number of anilines is 2. The van der Waals surface area contributed by atoms with E-state index < -0.39 is 5.92 Å². The number of hydrogen-bond donors (Lipinski definition) is 1. The molecule has 2 aliphatic heterocycles. The normalized spacial score (nSPS) is 18.9. The maximum Gasteiger partial charge on any atom is 0.254 e. The highest BCUT2D eigenvalue weighted by atomic mass is 79.9. The molecule has 2 aromatic rings. The summed E-state index contributed by atoms with van der Waals surface area (Å²) in [5.74, 6) is -0.826. The van der Waals surface area contributed by atoms with Gasteiger partial charge in [-0.2, -0.15) is 0 Å². The molecule has 0 spiro atoms. The second-order valence-corrected chi connectivity index (χ2v) is 8.58. The van der Waals surface area contributed by atoms with Gasteiger partial charge in [0.05, 0.1) is 24.8 Å². The summed E-state index contributed by atoms with van der Waals surface area (Å²) in [6.07, 6.45) is 0.151. The van der Waals surface area contributed by atoms with Crippen LogP contribution in [0.25, 0.3) is 0 Å². The summed E-state index contributed by atoms with van der Waals surface area (Å²) in [5.41, 5.74) is 2.64. The van der Waals surface area contributed by atoms with Gasteiger partial charge >= 0.3 is 0 Å². The topological polar surface area (TPSA) is 79.0 Å². The van der Waals surface area contributed by atoms with Crippen LogP contribution >= 0.6 is 15.9 Å². The first-order chi connectivity index (χ1) is 15.0. The molecule has 7 nitrogen and oxygen atoms in total. The number of nitrogens with zero attached hydrogens (tertiary/aromatic N) is 2. The molecule has 0 saturated carbocycles. The van der Waals surface area contributed by atoms with Crippen molar-refractivity contribution in [1.82, 2.24) is 4.90 Å². The predicted molar refractivity (Wildman–Crippen MR) is 121 cm³/mol. The van der Waals surface area contributed by atoms with Gasteiger partial charge in [0, 0.05) is 41.8 Å². The Morgan fingerprint density at radius 1 is 1.10 bits per heavy atom. The average Bonchev–Trinajstić information content (AvgIpc) is 3.17. The van der Waals surface area contributed by atoms with Crippen LogP contribution in [-0.4, -0.2) is 55.5 Å². The minimum absolute atomic E-state index is 0.0620. The zero-order chi connectivity index (χ0) is 22.0. The molecule has 2 aromatic carbocycles. The number of carbonyl (C=O) groups excluding carboxylic acids is 3. The summed E-state index contributed by atoms with van der Waals surface area (Å²) in [4.78, 5) is 41.8. The van der Waals surface area contributed by atoms with E-state index in [1.807, 2.05) is 31.2 Å². The van der Waals surface area contributed by atoms with Crippen LogP contribution in [0.1, 0.15) is 22.3 Å². The van der Waals surface area contributed by atoms with Crippen molar-refractivity contribution < 1.29 is 19.1 Å². The number of carbonyl (C=O) groups is 3. The molecule has 2 fully saturated rings. The van der Waals surface area contributed by atoms with Gasteiger partial charge in [-0.3, -0.25) is 14.4 Å². The van der Waals surface area contributed by atoms with Crippen molar-refractivity contribution in [3.8, 4) is 0 Å². The number of rotatable bonds is 4. The molecule has 1 N–H and O–H groups in total. The molecule has 0 bridgehead atoms. The Labute approximate surface area is 189 Å². The number of ether oxygens (including phenoxy) is 1. The summed E-state index contributed by atoms with van der Waals surface area (Å²) in [5, 5.41) is 2.93. The number of hydrogen-bond acceptors (Lipinski definition) is 4. The minimum Gasteiger partial charge on any atom is -0.378 e. The monoisotopic (exact) mass is 485 g/mol. The number of nitrogens with one attached hydrogen (secondary N) is 1. The largest absolute Gasteiger partial charge is 0.378 e. The molecule has 2 heterocycles. The molecule has 0 radical (unpaired) electrons. The molecular weight excluding hydrogens is 462 g/mol. The van der Waals surface area contributed by atoms with Gasteiger partial charge in [-0.1, -0.05) is 18.2 Å². The second kappa shape index (κ2) is 9.20.